The van der Waals surface area contributed by atoms with E-state index in [2.05, 4.69) is 24.1 Å². The van der Waals surface area contributed by atoms with Crippen LogP contribution >= 0.6 is 0 Å². The standard InChI is InChI=1S/C14H24N2O2/c1-11(2)15-10-13-14(7-6-12(3)16-13)18-9-5-4-8-17/h6-7,11,15,17H,4-5,8-10H2,1-3H3. The van der Waals surface area contributed by atoms with E-state index in [1.165, 1.54) is 0 Å². The van der Waals surface area contributed by atoms with E-state index in [1.54, 1.807) is 0 Å². The fourth-order valence-electron chi connectivity index (χ4n) is 1.55. The Bertz CT molecular complexity index is 354. The molecule has 0 amide bonds. The summed E-state index contributed by atoms with van der Waals surface area (Å²) < 4.78 is 5.71. The van der Waals surface area contributed by atoms with Gasteiger partial charge >= 0.3 is 0 Å². The third kappa shape index (κ3) is 5.47. The Morgan fingerprint density at radius 1 is 1.33 bits per heavy atom. The van der Waals surface area contributed by atoms with Crippen molar-refractivity contribution in [3.8, 4) is 5.75 Å². The van der Waals surface area contributed by atoms with Gasteiger partial charge in [-0.1, -0.05) is 13.8 Å². The molecule has 18 heavy (non-hydrogen) atoms. The number of aliphatic hydroxyl groups excluding tert-OH is 1. The summed E-state index contributed by atoms with van der Waals surface area (Å²) in [6.45, 7) is 7.76. The molecule has 0 bridgehead atoms. The molecule has 0 atom stereocenters. The lowest BCUT2D eigenvalue weighted by Gasteiger charge is -2.13. The van der Waals surface area contributed by atoms with Crippen LogP contribution in [-0.2, 0) is 6.54 Å². The van der Waals surface area contributed by atoms with Crippen molar-refractivity contribution < 1.29 is 9.84 Å². The molecule has 4 heteroatoms. The van der Waals surface area contributed by atoms with Crippen molar-refractivity contribution in [2.75, 3.05) is 13.2 Å². The largest absolute Gasteiger partial charge is 0.492 e. The number of hydrogen-bond acceptors (Lipinski definition) is 4. The maximum Gasteiger partial charge on any atom is 0.142 e. The van der Waals surface area contributed by atoms with Crippen molar-refractivity contribution in [1.82, 2.24) is 10.3 Å². The van der Waals surface area contributed by atoms with Gasteiger partial charge in [-0.25, -0.2) is 0 Å². The summed E-state index contributed by atoms with van der Waals surface area (Å²) in [5.74, 6) is 0.840. The predicted molar refractivity (Wildman–Crippen MR) is 72.8 cm³/mol. The van der Waals surface area contributed by atoms with Crippen molar-refractivity contribution in [3.05, 3.63) is 23.5 Å². The lowest BCUT2D eigenvalue weighted by Crippen LogP contribution is -2.23. The number of ether oxygens (including phenoxy) is 1. The molecule has 1 rings (SSSR count). The zero-order valence-electron chi connectivity index (χ0n) is 11.6. The SMILES string of the molecule is Cc1ccc(OCCCCO)c(CNC(C)C)n1. The fourth-order valence-corrected chi connectivity index (χ4v) is 1.55. The summed E-state index contributed by atoms with van der Waals surface area (Å²) in [5, 5.41) is 12.1. The van der Waals surface area contributed by atoms with Gasteiger partial charge in [0.1, 0.15) is 5.75 Å². The van der Waals surface area contributed by atoms with Gasteiger partial charge in [-0.2, -0.15) is 0 Å². The minimum atomic E-state index is 0.220. The number of aliphatic hydroxyl groups is 1. The van der Waals surface area contributed by atoms with Gasteiger partial charge in [0.05, 0.1) is 12.3 Å². The van der Waals surface area contributed by atoms with E-state index < -0.39 is 0 Å². The van der Waals surface area contributed by atoms with Crippen LogP contribution in [0.2, 0.25) is 0 Å². The summed E-state index contributed by atoms with van der Waals surface area (Å²) >= 11 is 0. The van der Waals surface area contributed by atoms with Crippen molar-refractivity contribution in [1.29, 1.82) is 0 Å². The summed E-state index contributed by atoms with van der Waals surface area (Å²) in [6.07, 6.45) is 1.64. The van der Waals surface area contributed by atoms with Gasteiger partial charge in [0.15, 0.2) is 0 Å². The van der Waals surface area contributed by atoms with Gasteiger partial charge < -0.3 is 15.2 Å². The van der Waals surface area contributed by atoms with Crippen LogP contribution in [0.15, 0.2) is 12.1 Å². The van der Waals surface area contributed by atoms with Crippen molar-refractivity contribution in [3.63, 3.8) is 0 Å². The minimum absolute atomic E-state index is 0.220. The highest BCUT2D eigenvalue weighted by atomic mass is 16.5. The number of pyridine rings is 1. The van der Waals surface area contributed by atoms with Crippen LogP contribution in [0.1, 0.15) is 38.1 Å². The second-order valence-electron chi connectivity index (χ2n) is 4.71. The lowest BCUT2D eigenvalue weighted by atomic mass is 10.2. The molecule has 0 spiro atoms. The van der Waals surface area contributed by atoms with E-state index >= 15 is 0 Å². The molecule has 0 radical (unpaired) electrons. The van der Waals surface area contributed by atoms with Crippen molar-refractivity contribution >= 4 is 0 Å². The van der Waals surface area contributed by atoms with Crippen LogP contribution < -0.4 is 10.1 Å². The molecule has 0 aliphatic carbocycles. The summed E-state index contributed by atoms with van der Waals surface area (Å²) in [7, 11) is 0. The molecule has 4 nitrogen and oxygen atoms in total. The van der Waals surface area contributed by atoms with Crippen LogP contribution in [0, 0.1) is 6.92 Å². The van der Waals surface area contributed by atoms with Gasteiger partial charge in [-0.3, -0.25) is 4.98 Å². The number of hydrogen-bond donors (Lipinski definition) is 2. The van der Waals surface area contributed by atoms with Crippen LogP contribution in [0.4, 0.5) is 0 Å². The van der Waals surface area contributed by atoms with Gasteiger partial charge in [-0.15, -0.1) is 0 Å². The molecule has 0 aliphatic heterocycles. The maximum absolute atomic E-state index is 8.72. The zero-order chi connectivity index (χ0) is 13.4. The van der Waals surface area contributed by atoms with Crippen LogP contribution in [0.5, 0.6) is 5.75 Å². The first kappa shape index (κ1) is 14.9. The van der Waals surface area contributed by atoms with Crippen molar-refractivity contribution in [2.24, 2.45) is 0 Å². The molecule has 0 aliphatic rings. The van der Waals surface area contributed by atoms with E-state index in [0.29, 0.717) is 19.2 Å². The van der Waals surface area contributed by atoms with Gasteiger partial charge in [0, 0.05) is 24.9 Å². The summed E-state index contributed by atoms with van der Waals surface area (Å²) in [6, 6.07) is 4.35. The van der Waals surface area contributed by atoms with E-state index in [-0.39, 0.29) is 6.61 Å². The Morgan fingerprint density at radius 3 is 2.78 bits per heavy atom. The number of rotatable bonds is 8. The zero-order valence-corrected chi connectivity index (χ0v) is 11.6. The first-order chi connectivity index (χ1) is 8.63. The molecule has 0 saturated heterocycles. The average Bonchev–Trinajstić information content (AvgIpc) is 2.34. The van der Waals surface area contributed by atoms with E-state index in [0.717, 1.165) is 30.0 Å². The first-order valence-corrected chi connectivity index (χ1v) is 6.57. The minimum Gasteiger partial charge on any atom is -0.492 e. The predicted octanol–water partition coefficient (Wildman–Crippen LogP) is 2.04. The number of nitrogens with one attached hydrogen (secondary N) is 1. The molecule has 2 N–H and O–H groups in total. The molecule has 0 aromatic carbocycles. The third-order valence-electron chi connectivity index (χ3n) is 2.56. The lowest BCUT2D eigenvalue weighted by molar-refractivity contribution is 0.251. The van der Waals surface area contributed by atoms with Crippen LogP contribution in [0.25, 0.3) is 0 Å². The third-order valence-corrected chi connectivity index (χ3v) is 2.56. The smallest absolute Gasteiger partial charge is 0.142 e. The Kier molecular flexibility index (Phi) is 6.68. The highest BCUT2D eigenvalue weighted by Gasteiger charge is 2.06. The maximum atomic E-state index is 8.72. The number of aromatic nitrogens is 1. The molecule has 1 aromatic rings. The molecule has 0 unspecified atom stereocenters. The number of nitrogens with zero attached hydrogens (tertiary/aromatic N) is 1. The summed E-state index contributed by atoms with van der Waals surface area (Å²) in [4.78, 5) is 4.51. The molecule has 102 valence electrons. The first-order valence-electron chi connectivity index (χ1n) is 6.57. The summed E-state index contributed by atoms with van der Waals surface area (Å²) in [5.41, 5.74) is 1.95. The Hall–Kier alpha value is -1.13. The number of aryl methyl sites for hydroxylation is 1. The average molecular weight is 252 g/mol. The normalized spacial score (nSPS) is 10.9. The van der Waals surface area contributed by atoms with Gasteiger partial charge in [0.2, 0.25) is 0 Å². The number of unbranched alkanes of at least 4 members (excludes halogenated alkanes) is 1. The molecular weight excluding hydrogens is 228 g/mol. The van der Waals surface area contributed by atoms with Crippen LogP contribution in [0.3, 0.4) is 0 Å². The van der Waals surface area contributed by atoms with E-state index in [4.69, 9.17) is 9.84 Å². The second kappa shape index (κ2) is 8.06. The Labute approximate surface area is 109 Å². The second-order valence-corrected chi connectivity index (χ2v) is 4.71. The molecule has 1 aromatic heterocycles. The monoisotopic (exact) mass is 252 g/mol. The molecule has 0 fully saturated rings. The quantitative estimate of drug-likeness (QED) is 0.695. The van der Waals surface area contributed by atoms with E-state index in [9.17, 15) is 0 Å². The van der Waals surface area contributed by atoms with E-state index in [1.807, 2.05) is 19.1 Å². The topological polar surface area (TPSA) is 54.4 Å². The molecule has 1 heterocycles. The Morgan fingerprint density at radius 2 is 2.11 bits per heavy atom. The van der Waals surface area contributed by atoms with Gasteiger partial charge in [-0.05, 0) is 31.9 Å². The highest BCUT2D eigenvalue weighted by Crippen LogP contribution is 2.17. The van der Waals surface area contributed by atoms with Crippen LogP contribution in [-0.4, -0.2) is 29.3 Å². The molecule has 0 saturated carbocycles. The molecular formula is C14H24N2O2. The van der Waals surface area contributed by atoms with Crippen molar-refractivity contribution in [2.45, 2.75) is 46.2 Å². The fraction of sp³-hybridized carbons (Fsp3) is 0.643. The van der Waals surface area contributed by atoms with Gasteiger partial charge in [0.25, 0.3) is 0 Å². The Balaban J connectivity index is 2.58. The highest BCUT2D eigenvalue weighted by molar-refractivity contribution is 5.29.